The summed E-state index contributed by atoms with van der Waals surface area (Å²) >= 11 is 6.04. The number of rotatable bonds is 4. The number of aromatic amines is 1. The van der Waals surface area contributed by atoms with Crippen molar-refractivity contribution in [3.05, 3.63) is 50.9 Å². The number of hydrazone groups is 1. The zero-order valence-corrected chi connectivity index (χ0v) is 17.2. The molecule has 1 amide bonds. The first-order chi connectivity index (χ1) is 13.9. The number of aromatic nitrogens is 2. The van der Waals surface area contributed by atoms with Gasteiger partial charge in [-0.3, -0.25) is 14.7 Å². The molecule has 4 aliphatic rings. The van der Waals surface area contributed by atoms with Crippen molar-refractivity contribution in [1.29, 1.82) is 0 Å². The first-order valence-corrected chi connectivity index (χ1v) is 10.7. The molecule has 1 aromatic heterocycles. The van der Waals surface area contributed by atoms with Crippen LogP contribution in [-0.4, -0.2) is 21.9 Å². The molecule has 0 unspecified atom stereocenters. The molecule has 1 aromatic carbocycles. The largest absolute Gasteiger partial charge is 0.295 e. The molecule has 4 bridgehead atoms. The second-order valence-electron chi connectivity index (χ2n) is 9.17. The number of carbonyl (C=O) groups excluding carboxylic acids is 1. The zero-order chi connectivity index (χ0) is 20.2. The van der Waals surface area contributed by atoms with Gasteiger partial charge in [0, 0.05) is 10.7 Å². The fourth-order valence-corrected chi connectivity index (χ4v) is 6.36. The maximum absolute atomic E-state index is 13.0. The molecule has 4 fully saturated rings. The molecule has 0 atom stereocenters. The Hall–Kier alpha value is -2.34. The lowest BCUT2D eigenvalue weighted by molar-refractivity contribution is -0.146. The van der Waals surface area contributed by atoms with Gasteiger partial charge in [0.15, 0.2) is 0 Å². The fourth-order valence-electron chi connectivity index (χ4n) is 6.17. The number of amides is 1. The predicted octanol–water partition coefficient (Wildman–Crippen LogP) is 3.79. The van der Waals surface area contributed by atoms with Crippen LogP contribution >= 0.6 is 11.6 Å². The quantitative estimate of drug-likeness (QED) is 0.591. The summed E-state index contributed by atoms with van der Waals surface area (Å²) in [5, 5.41) is 7.76. The Kier molecular flexibility index (Phi) is 4.42. The van der Waals surface area contributed by atoms with E-state index < -0.39 is 0 Å². The lowest BCUT2D eigenvalue weighted by Gasteiger charge is -2.55. The van der Waals surface area contributed by atoms with Crippen LogP contribution in [0.5, 0.6) is 0 Å². The van der Waals surface area contributed by atoms with Crippen LogP contribution in [0.2, 0.25) is 5.02 Å². The Morgan fingerprint density at radius 1 is 1.24 bits per heavy atom. The van der Waals surface area contributed by atoms with Crippen molar-refractivity contribution in [2.45, 2.75) is 45.4 Å². The number of aryl methyl sites for hydroxylation is 1. The molecule has 0 aliphatic heterocycles. The number of nitrogens with one attached hydrogen (secondary N) is 2. The molecule has 152 valence electrons. The molecule has 6 rings (SSSR count). The van der Waals surface area contributed by atoms with Crippen molar-refractivity contribution in [1.82, 2.24) is 15.2 Å². The van der Waals surface area contributed by atoms with Gasteiger partial charge in [0.25, 0.3) is 5.56 Å². The molecular formula is C22H25ClN4O2. The SMILES string of the molecule is Cc1[nH]n(-c2cccc(Cl)c2)c(=O)c1/C=N\NC(=O)C12CC3CC(CC(C3)C1)C2. The minimum Gasteiger partial charge on any atom is -0.295 e. The average molecular weight is 413 g/mol. The Morgan fingerprint density at radius 2 is 1.90 bits per heavy atom. The molecule has 29 heavy (non-hydrogen) atoms. The van der Waals surface area contributed by atoms with E-state index in [4.69, 9.17) is 11.6 Å². The van der Waals surface area contributed by atoms with Crippen molar-refractivity contribution >= 4 is 23.7 Å². The van der Waals surface area contributed by atoms with Gasteiger partial charge in [-0.25, -0.2) is 10.1 Å². The Bertz CT molecular complexity index is 1020. The number of H-pyrrole nitrogens is 1. The van der Waals surface area contributed by atoms with E-state index in [-0.39, 0.29) is 16.9 Å². The van der Waals surface area contributed by atoms with Crippen molar-refractivity contribution in [3.63, 3.8) is 0 Å². The predicted molar refractivity (Wildman–Crippen MR) is 112 cm³/mol. The van der Waals surface area contributed by atoms with E-state index in [9.17, 15) is 9.59 Å². The number of nitrogens with zero attached hydrogens (tertiary/aromatic N) is 2. The van der Waals surface area contributed by atoms with Crippen LogP contribution in [0.1, 0.15) is 49.8 Å². The summed E-state index contributed by atoms with van der Waals surface area (Å²) in [6.07, 6.45) is 8.30. The Morgan fingerprint density at radius 3 is 2.52 bits per heavy atom. The highest BCUT2D eigenvalue weighted by Crippen LogP contribution is 2.60. The van der Waals surface area contributed by atoms with Gasteiger partial charge in [-0.2, -0.15) is 5.10 Å². The fraction of sp³-hybridized carbons (Fsp3) is 0.500. The van der Waals surface area contributed by atoms with Gasteiger partial charge >= 0.3 is 0 Å². The second kappa shape index (κ2) is 6.87. The van der Waals surface area contributed by atoms with Gasteiger partial charge in [-0.1, -0.05) is 17.7 Å². The van der Waals surface area contributed by atoms with E-state index in [0.717, 1.165) is 19.3 Å². The lowest BCUT2D eigenvalue weighted by Crippen LogP contribution is -2.52. The van der Waals surface area contributed by atoms with E-state index in [2.05, 4.69) is 15.6 Å². The lowest BCUT2D eigenvalue weighted by atomic mass is 9.49. The summed E-state index contributed by atoms with van der Waals surface area (Å²) in [5.41, 5.74) is 4.04. The van der Waals surface area contributed by atoms with Crippen molar-refractivity contribution in [2.24, 2.45) is 28.3 Å². The molecule has 0 radical (unpaired) electrons. The highest BCUT2D eigenvalue weighted by atomic mass is 35.5. The maximum atomic E-state index is 13.0. The number of halogens is 1. The van der Waals surface area contributed by atoms with Crippen LogP contribution < -0.4 is 11.0 Å². The molecule has 7 heteroatoms. The van der Waals surface area contributed by atoms with Gasteiger partial charge in [0.2, 0.25) is 5.91 Å². The van der Waals surface area contributed by atoms with Gasteiger partial charge in [-0.15, -0.1) is 0 Å². The minimum atomic E-state index is -0.250. The van der Waals surface area contributed by atoms with Gasteiger partial charge in [0.1, 0.15) is 0 Å². The normalized spacial score (nSPS) is 30.2. The van der Waals surface area contributed by atoms with Gasteiger partial charge in [0.05, 0.1) is 22.9 Å². The summed E-state index contributed by atoms with van der Waals surface area (Å²) in [5.74, 6) is 2.13. The molecule has 0 saturated heterocycles. The van der Waals surface area contributed by atoms with E-state index in [1.165, 1.54) is 30.2 Å². The van der Waals surface area contributed by atoms with Crippen LogP contribution in [0.15, 0.2) is 34.2 Å². The first-order valence-electron chi connectivity index (χ1n) is 10.3. The molecule has 2 aromatic rings. The van der Waals surface area contributed by atoms with Gasteiger partial charge < -0.3 is 0 Å². The highest BCUT2D eigenvalue weighted by molar-refractivity contribution is 6.30. The third-order valence-corrected chi connectivity index (χ3v) is 7.30. The molecular weight excluding hydrogens is 388 g/mol. The molecule has 4 aliphatic carbocycles. The summed E-state index contributed by atoms with van der Waals surface area (Å²) < 4.78 is 1.43. The molecule has 2 N–H and O–H groups in total. The van der Waals surface area contributed by atoms with Crippen LogP contribution in [0.3, 0.4) is 0 Å². The van der Waals surface area contributed by atoms with E-state index in [1.807, 2.05) is 6.92 Å². The standard InChI is InChI=1S/C22H25ClN4O2/c1-13-19(20(28)27(26-13)18-4-2-3-17(23)8-18)12-24-25-21(29)22-9-14-5-15(10-22)7-16(6-14)11-22/h2-4,8,12,14-16,26H,5-7,9-11H2,1H3,(H,25,29)/b24-12-. The van der Waals surface area contributed by atoms with Gasteiger partial charge in [-0.05, 0) is 81.4 Å². The smallest absolute Gasteiger partial charge is 0.280 e. The summed E-state index contributed by atoms with van der Waals surface area (Å²) in [7, 11) is 0. The topological polar surface area (TPSA) is 79.2 Å². The van der Waals surface area contributed by atoms with Crippen LogP contribution in [0.4, 0.5) is 0 Å². The molecule has 6 nitrogen and oxygen atoms in total. The van der Waals surface area contributed by atoms with Crippen molar-refractivity contribution in [2.75, 3.05) is 0 Å². The summed E-state index contributed by atoms with van der Waals surface area (Å²) in [6, 6.07) is 7.07. The minimum absolute atomic E-state index is 0.0243. The van der Waals surface area contributed by atoms with E-state index in [0.29, 0.717) is 39.7 Å². The number of benzene rings is 1. The molecule has 4 saturated carbocycles. The Balaban J connectivity index is 1.34. The van der Waals surface area contributed by atoms with Crippen molar-refractivity contribution in [3.8, 4) is 5.69 Å². The van der Waals surface area contributed by atoms with Crippen molar-refractivity contribution < 1.29 is 4.79 Å². The molecule has 1 heterocycles. The van der Waals surface area contributed by atoms with E-state index >= 15 is 0 Å². The zero-order valence-electron chi connectivity index (χ0n) is 16.5. The number of hydrogen-bond donors (Lipinski definition) is 2. The Labute approximate surface area is 174 Å². The third kappa shape index (κ3) is 3.23. The highest BCUT2D eigenvalue weighted by Gasteiger charge is 2.54. The number of hydrogen-bond acceptors (Lipinski definition) is 3. The maximum Gasteiger partial charge on any atom is 0.280 e. The summed E-state index contributed by atoms with van der Waals surface area (Å²) in [4.78, 5) is 25.8. The molecule has 0 spiro atoms. The van der Waals surface area contributed by atoms with Crippen LogP contribution in [-0.2, 0) is 4.79 Å². The monoisotopic (exact) mass is 412 g/mol. The van der Waals surface area contributed by atoms with E-state index in [1.54, 1.807) is 24.3 Å². The second-order valence-corrected chi connectivity index (χ2v) is 9.60. The summed E-state index contributed by atoms with van der Waals surface area (Å²) in [6.45, 7) is 1.81. The van der Waals surface area contributed by atoms with Crippen LogP contribution in [0, 0.1) is 30.1 Å². The third-order valence-electron chi connectivity index (χ3n) is 7.06. The average Bonchev–Trinajstić information content (AvgIpc) is 2.95. The van der Waals surface area contributed by atoms with Crippen LogP contribution in [0.25, 0.3) is 5.69 Å². The first kappa shape index (κ1) is 18.7. The number of carbonyl (C=O) groups is 1.